The Balaban J connectivity index is 1.27. The first-order valence-corrected chi connectivity index (χ1v) is 11.3. The molecule has 0 heterocycles. The maximum atomic E-state index is 12.7. The summed E-state index contributed by atoms with van der Waals surface area (Å²) in [7, 11) is 0. The summed E-state index contributed by atoms with van der Waals surface area (Å²) < 4.78 is 0. The summed E-state index contributed by atoms with van der Waals surface area (Å²) in [5, 5.41) is 18.1. The Morgan fingerprint density at radius 2 is 1.72 bits per heavy atom. The second-order valence-electron chi connectivity index (χ2n) is 10.1. The Morgan fingerprint density at radius 3 is 2.34 bits per heavy atom. The van der Waals surface area contributed by atoms with E-state index in [1.165, 1.54) is 48.7 Å². The third-order valence-electron chi connectivity index (χ3n) is 7.59. The van der Waals surface area contributed by atoms with Gasteiger partial charge in [0.15, 0.2) is 0 Å². The van der Waals surface area contributed by atoms with Gasteiger partial charge in [-0.05, 0) is 86.0 Å². The molecule has 4 aliphatic carbocycles. The minimum Gasteiger partial charge on any atom is -0.331 e. The van der Waals surface area contributed by atoms with Gasteiger partial charge in [-0.25, -0.2) is 10.2 Å². The summed E-state index contributed by atoms with van der Waals surface area (Å²) in [6.45, 7) is 2.12. The van der Waals surface area contributed by atoms with Gasteiger partial charge in [-0.15, -0.1) is 0 Å². The van der Waals surface area contributed by atoms with Crippen LogP contribution in [-0.4, -0.2) is 22.7 Å². The normalized spacial score (nSPS) is 30.4. The molecular formula is C25H28N4O3. The molecule has 2 aromatic carbocycles. The molecule has 7 heteroatoms. The molecule has 0 aliphatic heterocycles. The van der Waals surface area contributed by atoms with Gasteiger partial charge < -0.3 is 5.32 Å². The van der Waals surface area contributed by atoms with Gasteiger partial charge in [0.2, 0.25) is 0 Å². The molecule has 0 saturated heterocycles. The number of carbonyl (C=O) groups is 1. The molecule has 2 N–H and O–H groups in total. The van der Waals surface area contributed by atoms with E-state index in [-0.39, 0.29) is 22.7 Å². The first-order chi connectivity index (χ1) is 15.3. The molecule has 4 aliphatic rings. The highest BCUT2D eigenvalue weighted by molar-refractivity contribution is 5.82. The summed E-state index contributed by atoms with van der Waals surface area (Å²) in [4.78, 5) is 23.0. The van der Waals surface area contributed by atoms with Crippen LogP contribution >= 0.6 is 0 Å². The number of hydrazone groups is 1. The zero-order chi connectivity index (χ0) is 22.3. The summed E-state index contributed by atoms with van der Waals surface area (Å²) >= 11 is 0. The minimum atomic E-state index is -0.443. The maximum Gasteiger partial charge on any atom is 0.335 e. The number of urea groups is 1. The number of rotatable bonds is 5. The van der Waals surface area contributed by atoms with Crippen molar-refractivity contribution in [3.63, 3.8) is 0 Å². The molecule has 6 rings (SSSR count). The van der Waals surface area contributed by atoms with Crippen LogP contribution in [-0.2, 0) is 5.41 Å². The van der Waals surface area contributed by atoms with E-state index in [9.17, 15) is 14.9 Å². The van der Waals surface area contributed by atoms with E-state index in [1.54, 1.807) is 12.1 Å². The first kappa shape index (κ1) is 20.7. The molecule has 2 aromatic rings. The van der Waals surface area contributed by atoms with Crippen LogP contribution in [0.1, 0.15) is 55.2 Å². The number of non-ortho nitro benzene ring substituents is 1. The van der Waals surface area contributed by atoms with E-state index >= 15 is 0 Å². The maximum absolute atomic E-state index is 12.7. The van der Waals surface area contributed by atoms with E-state index in [4.69, 9.17) is 0 Å². The Morgan fingerprint density at radius 1 is 1.06 bits per heavy atom. The number of nitrogens with one attached hydrogen (secondary N) is 2. The van der Waals surface area contributed by atoms with Gasteiger partial charge in [0.25, 0.3) is 5.69 Å². The van der Waals surface area contributed by atoms with Crippen molar-refractivity contribution in [3.8, 4) is 0 Å². The van der Waals surface area contributed by atoms with E-state index in [1.807, 2.05) is 0 Å². The average Bonchev–Trinajstić information content (AvgIpc) is 2.73. The molecule has 166 valence electrons. The molecule has 0 radical (unpaired) electrons. The number of hydrogen-bond acceptors (Lipinski definition) is 4. The number of hydrogen-bond donors (Lipinski definition) is 2. The Bertz CT molecular complexity index is 1050. The predicted molar refractivity (Wildman–Crippen MR) is 123 cm³/mol. The third-order valence-corrected chi connectivity index (χ3v) is 7.59. The highest BCUT2D eigenvalue weighted by Gasteiger charge is 2.58. The second kappa shape index (κ2) is 7.73. The van der Waals surface area contributed by atoms with E-state index in [0.29, 0.717) is 17.4 Å². The SMILES string of the molecule is Cc1ccc(C23C[C@H]4C[C@@H](CC(NC(=O)N/N=C\c5ccc([N+](=O)[O-])cc5)(C4)C2)C3)cc1. The van der Waals surface area contributed by atoms with Gasteiger partial charge >= 0.3 is 6.03 Å². The third kappa shape index (κ3) is 3.87. The standard InChI is InChI=1S/C25H28N4O3/c1-17-2-6-21(7-3-17)24-11-19-10-20(12-24)14-25(13-19,16-24)27-23(30)28-26-15-18-4-8-22(9-5-18)29(31)32/h2-9,15,19-20H,10-14,16H2,1H3,(H2,27,28,30)/b26-15-/t19-,20-,24?,25?/m1/s1. The van der Waals surface area contributed by atoms with Gasteiger partial charge in [0.1, 0.15) is 0 Å². The van der Waals surface area contributed by atoms with Crippen molar-refractivity contribution in [2.75, 3.05) is 0 Å². The van der Waals surface area contributed by atoms with E-state index < -0.39 is 4.92 Å². The second-order valence-corrected chi connectivity index (χ2v) is 10.1. The molecule has 7 nitrogen and oxygen atoms in total. The molecule has 32 heavy (non-hydrogen) atoms. The molecule has 0 aromatic heterocycles. The lowest BCUT2D eigenvalue weighted by molar-refractivity contribution is -0.384. The quantitative estimate of drug-likeness (QED) is 0.402. The van der Waals surface area contributed by atoms with Crippen molar-refractivity contribution in [1.29, 1.82) is 0 Å². The van der Waals surface area contributed by atoms with Crippen molar-refractivity contribution in [3.05, 3.63) is 75.3 Å². The van der Waals surface area contributed by atoms with Crippen molar-refractivity contribution < 1.29 is 9.72 Å². The molecule has 4 fully saturated rings. The Kier molecular flexibility index (Phi) is 4.99. The summed E-state index contributed by atoms with van der Waals surface area (Å²) in [5.74, 6) is 1.31. The molecule has 0 unspecified atom stereocenters. The topological polar surface area (TPSA) is 96.6 Å². The van der Waals surface area contributed by atoms with Crippen LogP contribution in [0, 0.1) is 28.9 Å². The summed E-state index contributed by atoms with van der Waals surface area (Å²) in [6.07, 6.45) is 8.27. The van der Waals surface area contributed by atoms with Gasteiger partial charge in [0, 0.05) is 17.7 Å². The van der Waals surface area contributed by atoms with Crippen LogP contribution in [0.4, 0.5) is 10.5 Å². The van der Waals surface area contributed by atoms with Crippen LogP contribution in [0.25, 0.3) is 0 Å². The number of nitrogens with zero attached hydrogens (tertiary/aromatic N) is 2. The number of carbonyl (C=O) groups excluding carboxylic acids is 1. The van der Waals surface area contributed by atoms with E-state index in [0.717, 1.165) is 19.3 Å². The smallest absolute Gasteiger partial charge is 0.331 e. The Labute approximate surface area is 187 Å². The first-order valence-electron chi connectivity index (χ1n) is 11.3. The largest absolute Gasteiger partial charge is 0.335 e. The number of benzene rings is 2. The zero-order valence-electron chi connectivity index (χ0n) is 18.2. The van der Waals surface area contributed by atoms with Gasteiger partial charge in [-0.1, -0.05) is 29.8 Å². The van der Waals surface area contributed by atoms with Crippen LogP contribution < -0.4 is 10.7 Å². The van der Waals surface area contributed by atoms with Crippen LogP contribution in [0.2, 0.25) is 0 Å². The van der Waals surface area contributed by atoms with Crippen LogP contribution in [0.3, 0.4) is 0 Å². The van der Waals surface area contributed by atoms with Gasteiger partial charge in [0.05, 0.1) is 11.1 Å². The molecule has 0 spiro atoms. The van der Waals surface area contributed by atoms with Crippen molar-refractivity contribution in [2.24, 2.45) is 16.9 Å². The van der Waals surface area contributed by atoms with Crippen molar-refractivity contribution in [2.45, 2.75) is 56.4 Å². The number of aryl methyl sites for hydroxylation is 1. The van der Waals surface area contributed by atoms with Crippen molar-refractivity contribution >= 4 is 17.9 Å². The van der Waals surface area contributed by atoms with Crippen LogP contribution in [0.5, 0.6) is 0 Å². The molecular weight excluding hydrogens is 404 g/mol. The van der Waals surface area contributed by atoms with Crippen molar-refractivity contribution in [1.82, 2.24) is 10.7 Å². The van der Waals surface area contributed by atoms with Gasteiger partial charge in [-0.2, -0.15) is 5.10 Å². The van der Waals surface area contributed by atoms with E-state index in [2.05, 4.69) is 47.0 Å². The lowest BCUT2D eigenvalue weighted by Gasteiger charge is -2.62. The molecule has 2 atom stereocenters. The Hall–Kier alpha value is -3.22. The number of nitro benzene ring substituents is 1. The number of nitro groups is 1. The lowest BCUT2D eigenvalue weighted by atomic mass is 9.45. The van der Waals surface area contributed by atoms with Crippen LogP contribution in [0.15, 0.2) is 53.6 Å². The van der Waals surface area contributed by atoms with Gasteiger partial charge in [-0.3, -0.25) is 10.1 Å². The zero-order valence-corrected chi connectivity index (χ0v) is 18.2. The molecule has 2 amide bonds. The highest BCUT2D eigenvalue weighted by atomic mass is 16.6. The summed E-state index contributed by atoms with van der Waals surface area (Å²) in [5.41, 5.74) is 5.97. The fraction of sp³-hybridized carbons (Fsp3) is 0.440. The average molecular weight is 433 g/mol. The lowest BCUT2D eigenvalue weighted by Crippen LogP contribution is -2.65. The fourth-order valence-electron chi connectivity index (χ4n) is 6.77. The minimum absolute atomic E-state index is 0.0252. The number of amides is 2. The monoisotopic (exact) mass is 432 g/mol. The summed E-state index contributed by atoms with van der Waals surface area (Å²) in [6, 6.07) is 14.7. The predicted octanol–water partition coefficient (Wildman–Crippen LogP) is 4.83. The molecule has 4 saturated carbocycles. The fourth-order valence-corrected chi connectivity index (χ4v) is 6.77. The highest BCUT2D eigenvalue weighted by Crippen LogP contribution is 2.62. The molecule has 4 bridgehead atoms.